The van der Waals surface area contributed by atoms with Crippen molar-refractivity contribution in [1.82, 2.24) is 42.5 Å². The van der Waals surface area contributed by atoms with Gasteiger partial charge in [0, 0.05) is 64.0 Å². The molecule has 8 amide bonds. The van der Waals surface area contributed by atoms with Crippen molar-refractivity contribution in [1.29, 1.82) is 0 Å². The fraction of sp³-hybridized carbons (Fsp3) is 0.564. The second-order valence-electron chi connectivity index (χ2n) is 32.9. The van der Waals surface area contributed by atoms with Crippen LogP contribution in [0.3, 0.4) is 0 Å². The van der Waals surface area contributed by atoms with Crippen molar-refractivity contribution in [3.05, 3.63) is 72.8 Å². The molecule has 0 aliphatic rings. The number of fused-ring (bicyclic) bond motifs is 1. The van der Waals surface area contributed by atoms with E-state index in [-0.39, 0.29) is 76.4 Å². The van der Waals surface area contributed by atoms with Crippen LogP contribution in [-0.4, -0.2) is 170 Å². The maximum Gasteiger partial charge on any atom is 0.414 e. The predicted molar refractivity (Wildman–Crippen MR) is 419 cm³/mol. The first-order valence-electron chi connectivity index (χ1n) is 36.2. The fourth-order valence-electron chi connectivity index (χ4n) is 8.84. The van der Waals surface area contributed by atoms with Crippen molar-refractivity contribution in [3.8, 4) is 45.3 Å². The molecular formula is C78H116N12O20. The van der Waals surface area contributed by atoms with Crippen LogP contribution in [0, 0.1) is 0 Å². The monoisotopic (exact) mass is 1540 g/mol. The zero-order chi connectivity index (χ0) is 82.6. The Balaban J connectivity index is 1.77. The minimum absolute atomic E-state index is 0.0833. The molecule has 0 aliphatic carbocycles. The van der Waals surface area contributed by atoms with E-state index in [0.717, 1.165) is 21.9 Å². The lowest BCUT2D eigenvalue weighted by Crippen LogP contribution is -2.47. The molecule has 0 radical (unpaired) electrons. The van der Waals surface area contributed by atoms with Crippen LogP contribution < -0.4 is 61.5 Å². The van der Waals surface area contributed by atoms with E-state index in [1.165, 1.54) is 0 Å². The lowest BCUT2D eigenvalue weighted by molar-refractivity contribution is 0.0521. The van der Waals surface area contributed by atoms with Crippen LogP contribution in [0.25, 0.3) is 33.0 Å². The van der Waals surface area contributed by atoms with Crippen LogP contribution >= 0.6 is 0 Å². The summed E-state index contributed by atoms with van der Waals surface area (Å²) in [5.74, 6) is 0.941. The first-order chi connectivity index (χ1) is 50.7. The van der Waals surface area contributed by atoms with E-state index in [4.69, 9.17) is 56.8 Å². The fourth-order valence-corrected chi connectivity index (χ4v) is 8.84. The summed E-state index contributed by atoms with van der Waals surface area (Å²) in [4.78, 5) is 120. The van der Waals surface area contributed by atoms with Crippen molar-refractivity contribution in [2.45, 2.75) is 237 Å². The number of aliphatic imine (C=N–C) groups is 4. The highest BCUT2D eigenvalue weighted by atomic mass is 16.6. The molecule has 4 rings (SSSR count). The van der Waals surface area contributed by atoms with Gasteiger partial charge in [-0.15, -0.1) is 0 Å². The summed E-state index contributed by atoms with van der Waals surface area (Å²) in [5.41, 5.74) is -3.79. The van der Waals surface area contributed by atoms with E-state index in [1.54, 1.807) is 178 Å². The van der Waals surface area contributed by atoms with Crippen molar-refractivity contribution in [2.24, 2.45) is 20.0 Å². The Kier molecular flexibility index (Phi) is 33.8. The number of carbonyl (C=O) groups is 8. The second kappa shape index (κ2) is 40.6. The van der Waals surface area contributed by atoms with E-state index >= 15 is 0 Å². The van der Waals surface area contributed by atoms with Crippen molar-refractivity contribution in [3.63, 3.8) is 0 Å². The van der Waals surface area contributed by atoms with E-state index in [1.807, 2.05) is 60.7 Å². The number of hydrogen-bond acceptors (Lipinski definition) is 24. The number of carbonyl (C=O) groups excluding carboxylic acids is 8. The largest absolute Gasteiger partial charge is 0.493 e. The molecule has 0 aliphatic heterocycles. The standard InChI is InChI=1S/C78H116N12O20/c1-71(2,3)103-63(91)83-59(84-64(92)104-72(4,5)6)79-33-25-37-99-55-43-53(44-56(47-55)100-38-26-34-80-60(85-65(93)105-73(7,8)9)86-66(94)106-74(10,11)12)50-31-29-49-30-32-51(42-52(49)41-50)54-45-57(101-39-27-35-81-61(87-67(95)107-75(13,14)15)88-68(96)108-76(16,17)18)48-58(46-54)102-40-28-36-82-62(89-69(97)109-77(19,20)21)90-70(98)110-78(22,23)24/h29-32,41-48H,25-28,33-40H2,1-24H3,(H2,79,83,84,91,92)(H2,80,85,86,93,94)(H2,81,87,88,95,96)(H2,82,89,90,97,98). The third-order valence-electron chi connectivity index (χ3n) is 12.6. The average molecular weight is 1540 g/mol. The van der Waals surface area contributed by atoms with Gasteiger partial charge in [0.2, 0.25) is 23.8 Å². The van der Waals surface area contributed by atoms with Gasteiger partial charge in [-0.25, -0.2) is 38.4 Å². The molecule has 0 saturated carbocycles. The van der Waals surface area contributed by atoms with Crippen LogP contribution in [0.2, 0.25) is 0 Å². The van der Waals surface area contributed by atoms with Gasteiger partial charge in [-0.1, -0.05) is 24.3 Å². The minimum Gasteiger partial charge on any atom is -0.493 e. The number of rotatable bonds is 22. The summed E-state index contributed by atoms with van der Waals surface area (Å²) < 4.78 is 68.7. The second-order valence-corrected chi connectivity index (χ2v) is 32.9. The zero-order valence-corrected chi connectivity index (χ0v) is 68.4. The molecule has 0 fully saturated rings. The average Bonchev–Trinajstić information content (AvgIpc) is 0.791. The van der Waals surface area contributed by atoms with Gasteiger partial charge in [0.15, 0.2) is 0 Å². The summed E-state index contributed by atoms with van der Waals surface area (Å²) in [6.07, 6.45) is -5.50. The van der Waals surface area contributed by atoms with Gasteiger partial charge in [-0.2, -0.15) is 0 Å². The Morgan fingerprint density at radius 1 is 0.245 bits per heavy atom. The smallest absolute Gasteiger partial charge is 0.414 e. The molecule has 0 bridgehead atoms. The summed E-state index contributed by atoms with van der Waals surface area (Å²) in [5, 5.41) is 21.6. The highest BCUT2D eigenvalue weighted by Crippen LogP contribution is 2.36. The SMILES string of the molecule is CC(C)(C)OC(=O)NC(=NCCCOc1cc(OCCCN=C(NC(=O)OC(C)(C)C)NC(=O)OC(C)(C)C)cc(-c2ccc3ccc(-c4cc(OCCCN=C(NC(=O)OC(C)(C)C)NC(=O)OC(C)(C)C)cc(OCCCN=C(NC(=O)OC(C)(C)C)NC(=O)OC(C)(C)C)c4)cc3c2)c1)NC(=O)OC(C)(C)C. The van der Waals surface area contributed by atoms with Gasteiger partial charge in [0.05, 0.1) is 26.4 Å². The van der Waals surface area contributed by atoms with Crippen molar-refractivity contribution < 1.29 is 95.2 Å². The number of hydrogen-bond donors (Lipinski definition) is 8. The third-order valence-corrected chi connectivity index (χ3v) is 12.6. The number of alkyl carbamates (subject to hydrolysis) is 8. The quantitative estimate of drug-likeness (QED) is 0.0157. The van der Waals surface area contributed by atoms with Crippen molar-refractivity contribution >= 4 is 83.4 Å². The molecule has 0 unspecified atom stereocenters. The summed E-state index contributed by atoms with van der Waals surface area (Å²) in [6, 6.07) is 22.8. The number of guanidine groups is 4. The van der Waals surface area contributed by atoms with Crippen LogP contribution in [0.1, 0.15) is 192 Å². The summed E-state index contributed by atoms with van der Waals surface area (Å²) in [7, 11) is 0. The molecule has 8 N–H and O–H groups in total. The van der Waals surface area contributed by atoms with Gasteiger partial charge < -0.3 is 56.8 Å². The van der Waals surface area contributed by atoms with Crippen LogP contribution in [0.15, 0.2) is 92.8 Å². The Morgan fingerprint density at radius 3 is 0.600 bits per heavy atom. The number of nitrogens with zero attached hydrogens (tertiary/aromatic N) is 4. The third kappa shape index (κ3) is 41.5. The van der Waals surface area contributed by atoms with E-state index in [2.05, 4.69) is 62.5 Å². The van der Waals surface area contributed by atoms with E-state index < -0.39 is 93.6 Å². The Bertz CT molecular complexity index is 3350. The lowest BCUT2D eigenvalue weighted by atomic mass is 9.97. The molecule has 32 heteroatoms. The van der Waals surface area contributed by atoms with Crippen molar-refractivity contribution in [2.75, 3.05) is 52.6 Å². The number of benzene rings is 4. The van der Waals surface area contributed by atoms with Crippen LogP contribution in [0.4, 0.5) is 38.4 Å². The van der Waals surface area contributed by atoms with Gasteiger partial charge in [0.25, 0.3) is 0 Å². The van der Waals surface area contributed by atoms with Crippen LogP contribution in [0.5, 0.6) is 23.0 Å². The highest BCUT2D eigenvalue weighted by molar-refractivity contribution is 6.04. The number of nitrogens with one attached hydrogen (secondary N) is 8. The molecular weight excluding hydrogens is 1420 g/mol. The topological polar surface area (TPSA) is 393 Å². The molecule has 110 heavy (non-hydrogen) atoms. The zero-order valence-electron chi connectivity index (χ0n) is 68.4. The minimum atomic E-state index is -0.844. The maximum atomic E-state index is 12.8. The molecule has 4 aromatic carbocycles. The first kappa shape index (κ1) is 91.6. The Labute approximate surface area is 645 Å². The summed E-state index contributed by atoms with van der Waals surface area (Å²) >= 11 is 0. The lowest BCUT2D eigenvalue weighted by Gasteiger charge is -2.22. The van der Waals surface area contributed by atoms with E-state index in [9.17, 15) is 38.4 Å². The van der Waals surface area contributed by atoms with Gasteiger partial charge in [0.1, 0.15) is 67.8 Å². The Hall–Kier alpha value is -10.8. The van der Waals surface area contributed by atoms with Gasteiger partial charge in [-0.3, -0.25) is 62.5 Å². The number of amides is 8. The van der Waals surface area contributed by atoms with Gasteiger partial charge >= 0.3 is 48.7 Å². The molecule has 4 aromatic rings. The van der Waals surface area contributed by atoms with Gasteiger partial charge in [-0.05, 0) is 236 Å². The molecule has 0 aromatic heterocycles. The molecule has 0 atom stereocenters. The summed E-state index contributed by atoms with van der Waals surface area (Å²) in [6.45, 7) is 41.6. The maximum absolute atomic E-state index is 12.8. The predicted octanol–water partition coefficient (Wildman–Crippen LogP) is 14.9. The normalized spacial score (nSPS) is 11.8. The highest BCUT2D eigenvalue weighted by Gasteiger charge is 2.27. The van der Waals surface area contributed by atoms with Crippen LogP contribution in [-0.2, 0) is 37.9 Å². The molecule has 608 valence electrons. The van der Waals surface area contributed by atoms with E-state index in [0.29, 0.717) is 59.8 Å². The molecule has 0 heterocycles. The Morgan fingerprint density at radius 2 is 0.427 bits per heavy atom. The molecule has 32 nitrogen and oxygen atoms in total. The first-order valence-corrected chi connectivity index (χ1v) is 36.2. The molecule has 0 saturated heterocycles. The molecule has 0 spiro atoms. The number of ether oxygens (including phenoxy) is 12.